The zero-order valence-corrected chi connectivity index (χ0v) is 42.8. The summed E-state index contributed by atoms with van der Waals surface area (Å²) in [6.07, 6.45) is 7.73. The van der Waals surface area contributed by atoms with Crippen LogP contribution in [-0.4, -0.2) is 61.7 Å². The lowest BCUT2D eigenvalue weighted by Crippen LogP contribution is -2.35. The second-order valence-electron chi connectivity index (χ2n) is 16.8. The van der Waals surface area contributed by atoms with Gasteiger partial charge in [0.05, 0.1) is 25.0 Å². The van der Waals surface area contributed by atoms with Crippen LogP contribution in [-0.2, 0) is 15.1 Å². The summed E-state index contributed by atoms with van der Waals surface area (Å²) in [7, 11) is 0. The molecule has 0 bridgehead atoms. The van der Waals surface area contributed by atoms with Crippen molar-refractivity contribution in [2.75, 3.05) is 38.2 Å². The van der Waals surface area contributed by atoms with Crippen LogP contribution in [0, 0.1) is 0 Å². The highest BCUT2D eigenvalue weighted by Crippen LogP contribution is 2.45. The van der Waals surface area contributed by atoms with Gasteiger partial charge in [0, 0.05) is 34.7 Å². The van der Waals surface area contributed by atoms with E-state index in [4.69, 9.17) is 51.6 Å². The van der Waals surface area contributed by atoms with Gasteiger partial charge in [0.15, 0.2) is 18.4 Å². The summed E-state index contributed by atoms with van der Waals surface area (Å²) in [5.74, 6) is 3.88. The van der Waals surface area contributed by atoms with Gasteiger partial charge in [0.25, 0.3) is 0 Å². The van der Waals surface area contributed by atoms with Crippen LogP contribution in [0.1, 0.15) is 110 Å². The third-order valence-corrected chi connectivity index (χ3v) is 12.9. The van der Waals surface area contributed by atoms with Gasteiger partial charge in [-0.15, -0.1) is 23.2 Å². The Morgan fingerprint density at radius 2 is 1.03 bits per heavy atom. The van der Waals surface area contributed by atoms with E-state index in [-0.39, 0.29) is 30.2 Å². The van der Waals surface area contributed by atoms with Crippen LogP contribution in [0.3, 0.4) is 0 Å². The SMILES string of the molecule is Brc1ccc(OC2CCCCO2)cc1.CCC(C(=O)c1ccc(OCCCl)cc1)c1ccccc1.CCC(c1ccccc1)C(O)(c1ccc(OCCCl)cc1)c1ccc(OC2CCCCO2)cc1. The molecule has 0 aromatic heterocycles. The van der Waals surface area contributed by atoms with Crippen LogP contribution >= 0.6 is 39.1 Å². The molecule has 6 aromatic carbocycles. The molecule has 5 atom stereocenters. The summed E-state index contributed by atoms with van der Waals surface area (Å²) in [5.41, 5.74) is 3.25. The second kappa shape index (κ2) is 28.7. The molecule has 8 rings (SSSR count). The van der Waals surface area contributed by atoms with Crippen LogP contribution < -0.4 is 18.9 Å². The van der Waals surface area contributed by atoms with Crippen LogP contribution in [0.25, 0.3) is 0 Å². The number of hydrogen-bond acceptors (Lipinski definition) is 8. The number of alkyl halides is 2. The Bertz CT molecular complexity index is 2340. The molecular formula is C58H65BrCl2O8. The van der Waals surface area contributed by atoms with Crippen molar-refractivity contribution < 1.29 is 38.3 Å². The number of benzene rings is 6. The lowest BCUT2D eigenvalue weighted by atomic mass is 9.72. The number of aliphatic hydroxyl groups is 1. The molecule has 2 fully saturated rings. The van der Waals surface area contributed by atoms with Gasteiger partial charge in [-0.2, -0.15) is 0 Å². The van der Waals surface area contributed by atoms with Crippen LogP contribution in [0.4, 0.5) is 0 Å². The van der Waals surface area contributed by atoms with Crippen LogP contribution in [0.2, 0.25) is 0 Å². The maximum Gasteiger partial charge on any atom is 0.199 e. The zero-order chi connectivity index (χ0) is 48.7. The Hall–Kier alpha value is -4.87. The second-order valence-corrected chi connectivity index (χ2v) is 18.5. The van der Waals surface area contributed by atoms with Crippen molar-refractivity contribution in [1.82, 2.24) is 0 Å². The van der Waals surface area contributed by atoms with E-state index in [2.05, 4.69) is 35.0 Å². The molecule has 2 aliphatic heterocycles. The molecule has 2 saturated heterocycles. The van der Waals surface area contributed by atoms with Gasteiger partial charge in [-0.1, -0.05) is 115 Å². The number of carbonyl (C=O) groups excluding carboxylic acids is 1. The molecule has 0 saturated carbocycles. The quantitative estimate of drug-likeness (QED) is 0.0634. The molecule has 69 heavy (non-hydrogen) atoms. The molecular weight excluding hydrogens is 975 g/mol. The maximum absolute atomic E-state index is 12.6. The number of ketones is 1. The number of carbonyl (C=O) groups is 1. The molecule has 0 spiro atoms. The molecule has 2 heterocycles. The van der Waals surface area contributed by atoms with E-state index in [1.54, 1.807) is 0 Å². The van der Waals surface area contributed by atoms with E-state index < -0.39 is 5.60 Å². The Morgan fingerprint density at radius 3 is 1.45 bits per heavy atom. The van der Waals surface area contributed by atoms with Crippen molar-refractivity contribution in [3.63, 3.8) is 0 Å². The number of Topliss-reactive ketones (excluding diaryl/α,β-unsaturated/α-hetero) is 1. The lowest BCUT2D eigenvalue weighted by Gasteiger charge is -2.37. The Morgan fingerprint density at radius 1 is 0.594 bits per heavy atom. The summed E-state index contributed by atoms with van der Waals surface area (Å²) in [4.78, 5) is 12.6. The zero-order valence-electron chi connectivity index (χ0n) is 39.7. The average molecular weight is 1040 g/mol. The lowest BCUT2D eigenvalue weighted by molar-refractivity contribution is -0.106. The van der Waals surface area contributed by atoms with E-state index in [0.717, 1.165) is 108 Å². The smallest absolute Gasteiger partial charge is 0.199 e. The Balaban J connectivity index is 0.000000189. The van der Waals surface area contributed by atoms with Crippen LogP contribution in [0.5, 0.6) is 23.0 Å². The molecule has 0 amide bonds. The molecule has 8 nitrogen and oxygen atoms in total. The number of rotatable bonds is 19. The van der Waals surface area contributed by atoms with Crippen molar-refractivity contribution in [3.05, 3.63) is 190 Å². The maximum atomic E-state index is 12.6. The van der Waals surface area contributed by atoms with E-state index in [9.17, 15) is 9.90 Å². The van der Waals surface area contributed by atoms with E-state index >= 15 is 0 Å². The van der Waals surface area contributed by atoms with Crippen molar-refractivity contribution >= 4 is 44.9 Å². The van der Waals surface area contributed by atoms with E-state index in [1.807, 2.05) is 153 Å². The largest absolute Gasteiger partial charge is 0.492 e. The fourth-order valence-electron chi connectivity index (χ4n) is 8.53. The van der Waals surface area contributed by atoms with Gasteiger partial charge >= 0.3 is 0 Å². The molecule has 2 aliphatic rings. The standard InChI is InChI=1S/C29H33ClO4.C18H19ClO2.C11H13BrO2/c1-2-27(22-8-4-3-5-9-22)29(31,23-11-15-25(16-12-23)32-21-19-30)24-13-17-26(18-14-24)34-28-10-6-7-20-33-28;1-2-17(14-6-4-3-5-7-14)18(20)15-8-10-16(11-9-15)21-13-12-19;12-9-4-6-10(7-5-9)14-11-3-1-2-8-13-11/h3-5,8-9,11-18,27-28,31H,2,6-7,10,19-21H2,1H3;3-11,17H,2,12-13H2,1H3;4-7,11H,1-3,8H2. The first kappa shape index (κ1) is 53.5. The van der Waals surface area contributed by atoms with Crippen molar-refractivity contribution in [2.45, 2.75) is 95.2 Å². The predicted octanol–water partition coefficient (Wildman–Crippen LogP) is 14.7. The minimum absolute atomic E-state index is 0.0510. The van der Waals surface area contributed by atoms with Gasteiger partial charge in [-0.25, -0.2) is 0 Å². The first-order valence-electron chi connectivity index (χ1n) is 24.1. The first-order chi connectivity index (χ1) is 33.7. The van der Waals surface area contributed by atoms with Gasteiger partial charge in [-0.3, -0.25) is 4.79 Å². The van der Waals surface area contributed by atoms with Crippen molar-refractivity contribution in [1.29, 1.82) is 0 Å². The monoisotopic (exact) mass is 1040 g/mol. The first-order valence-corrected chi connectivity index (χ1v) is 26.0. The predicted molar refractivity (Wildman–Crippen MR) is 281 cm³/mol. The summed E-state index contributed by atoms with van der Waals surface area (Å²) in [6, 6.07) is 50.6. The highest BCUT2D eigenvalue weighted by Gasteiger charge is 2.40. The topological polar surface area (TPSA) is 92.7 Å². The summed E-state index contributed by atoms with van der Waals surface area (Å²) in [6.45, 7) is 6.62. The third-order valence-electron chi connectivity index (χ3n) is 12.1. The number of hydrogen-bond donors (Lipinski definition) is 1. The highest BCUT2D eigenvalue weighted by molar-refractivity contribution is 9.10. The molecule has 0 radical (unpaired) electrons. The molecule has 5 unspecified atom stereocenters. The molecule has 11 heteroatoms. The molecule has 0 aliphatic carbocycles. The van der Waals surface area contributed by atoms with Gasteiger partial charge < -0.3 is 33.5 Å². The Kier molecular flexibility index (Phi) is 22.3. The van der Waals surface area contributed by atoms with Gasteiger partial charge in [0.2, 0.25) is 0 Å². The van der Waals surface area contributed by atoms with E-state index in [0.29, 0.717) is 30.5 Å². The minimum Gasteiger partial charge on any atom is -0.492 e. The average Bonchev–Trinajstić information content (AvgIpc) is 3.40. The minimum atomic E-state index is -1.24. The highest BCUT2D eigenvalue weighted by atomic mass is 79.9. The number of ether oxygens (including phenoxy) is 6. The molecule has 6 aromatic rings. The van der Waals surface area contributed by atoms with Crippen molar-refractivity contribution in [2.24, 2.45) is 0 Å². The fourth-order valence-corrected chi connectivity index (χ4v) is 8.95. The molecule has 1 N–H and O–H groups in total. The fraction of sp³-hybridized carbons (Fsp3) is 0.362. The summed E-state index contributed by atoms with van der Waals surface area (Å²) in [5, 5.41) is 12.4. The van der Waals surface area contributed by atoms with Crippen molar-refractivity contribution in [3.8, 4) is 23.0 Å². The molecule has 366 valence electrons. The third kappa shape index (κ3) is 16.1. The number of halogens is 3. The van der Waals surface area contributed by atoms with Crippen LogP contribution in [0.15, 0.2) is 162 Å². The normalized spacial score (nSPS) is 17.2. The van der Waals surface area contributed by atoms with Gasteiger partial charge in [-0.05, 0) is 134 Å². The summed E-state index contributed by atoms with van der Waals surface area (Å²) < 4.78 is 35.0. The van der Waals surface area contributed by atoms with E-state index in [1.165, 1.54) is 6.42 Å². The summed E-state index contributed by atoms with van der Waals surface area (Å²) >= 11 is 14.7. The Labute approximate surface area is 427 Å². The van der Waals surface area contributed by atoms with Gasteiger partial charge in [0.1, 0.15) is 41.8 Å².